The van der Waals surface area contributed by atoms with Crippen LogP contribution in [-0.2, 0) is 29.6 Å². The van der Waals surface area contributed by atoms with Crippen LogP contribution in [0.15, 0.2) is 29.3 Å². The van der Waals surface area contributed by atoms with Gasteiger partial charge in [-0.05, 0) is 43.5 Å². The molecule has 0 atom stereocenters. The van der Waals surface area contributed by atoms with Gasteiger partial charge in [0.2, 0.25) is 6.08 Å². The largest absolute Gasteiger partial charge is 0.480 e. The Hall–Kier alpha value is -2.73. The van der Waals surface area contributed by atoms with Gasteiger partial charge in [0.1, 0.15) is 13.2 Å². The third kappa shape index (κ3) is 15.0. The molecule has 0 heterocycles. The summed E-state index contributed by atoms with van der Waals surface area (Å²) in [5.74, 6) is 0. The van der Waals surface area contributed by atoms with Gasteiger partial charge in [-0.15, -0.1) is 0 Å². The van der Waals surface area contributed by atoms with Crippen molar-refractivity contribution in [2.75, 3.05) is 38.1 Å². The highest BCUT2D eigenvalue weighted by Crippen LogP contribution is 2.36. The smallest absolute Gasteiger partial charge is 0.443 e. The molecule has 19 heteroatoms. The maximum Gasteiger partial charge on any atom is 0.480 e. The number of anilines is 1. The molecule has 1 N–H and O–H groups in total. The van der Waals surface area contributed by atoms with E-state index in [0.29, 0.717) is 18.0 Å². The molecule has 0 aromatic heterocycles. The molecule has 0 aliphatic rings. The van der Waals surface area contributed by atoms with E-state index in [1.165, 1.54) is 44.6 Å². The SMILES string of the molecule is CCCC[N+](CCCC)(CCCC)CCOC(=O)Nc1ccc(N=C=O)cc1.O=S(=O)([N-]S(=O)(=O)C(F)(F)F)C(F)(F)F. The number of ether oxygens (including phenoxy) is 1. The lowest BCUT2D eigenvalue weighted by Crippen LogP contribution is -2.52. The molecule has 0 spiro atoms. The summed E-state index contributed by atoms with van der Waals surface area (Å²) in [4.78, 5) is 25.9. The predicted molar refractivity (Wildman–Crippen MR) is 147 cm³/mol. The van der Waals surface area contributed by atoms with E-state index in [4.69, 9.17) is 4.74 Å². The van der Waals surface area contributed by atoms with E-state index in [0.717, 1.165) is 34.8 Å². The van der Waals surface area contributed by atoms with Crippen molar-refractivity contribution in [1.29, 1.82) is 0 Å². The Morgan fingerprint density at radius 1 is 0.837 bits per heavy atom. The highest BCUT2D eigenvalue weighted by atomic mass is 32.3. The van der Waals surface area contributed by atoms with E-state index < -0.39 is 37.2 Å². The van der Waals surface area contributed by atoms with Crippen LogP contribution in [-0.4, -0.2) is 77.3 Å². The van der Waals surface area contributed by atoms with Crippen LogP contribution in [0.3, 0.4) is 0 Å². The molecule has 1 rings (SSSR count). The van der Waals surface area contributed by atoms with Crippen molar-refractivity contribution in [2.24, 2.45) is 4.99 Å². The molecule has 0 unspecified atom stereocenters. The number of alkyl halides is 6. The first-order valence-electron chi connectivity index (χ1n) is 13.1. The molecule has 0 fully saturated rings. The van der Waals surface area contributed by atoms with Gasteiger partial charge in [0.05, 0.1) is 25.3 Å². The number of halogens is 6. The second-order valence-corrected chi connectivity index (χ2v) is 12.6. The molecular weight excluding hydrogens is 634 g/mol. The summed E-state index contributed by atoms with van der Waals surface area (Å²) in [6.45, 7) is 11.4. The van der Waals surface area contributed by atoms with Crippen LogP contribution in [0.25, 0.3) is 4.13 Å². The number of aliphatic imine (C=N–C) groups is 1. The number of isocyanates is 1. The third-order valence-corrected chi connectivity index (χ3v) is 8.57. The number of amides is 1. The fraction of sp³-hybridized carbons (Fsp3) is 0.667. The standard InChI is InChI=1S/C22H35N3O3.C2F6NO4S2/c1-4-7-14-25(15-8-5-2,16-9-6-3)17-18-28-22(27)24-21-12-10-20(11-13-21)23-19-26;3-1(4,5)14(10,11)9-15(12,13)2(6,7)8/h10-13H,4-9,14-18H2,1-3H3;/q;-1/p+1. The third-order valence-electron chi connectivity index (χ3n) is 5.83. The number of carbonyl (C=O) groups is 1. The van der Waals surface area contributed by atoms with E-state index in [2.05, 4.69) is 31.1 Å². The first kappa shape index (κ1) is 40.3. The number of rotatable bonds is 16. The highest BCUT2D eigenvalue weighted by molar-refractivity contribution is 8.13. The second-order valence-electron chi connectivity index (χ2n) is 9.22. The highest BCUT2D eigenvalue weighted by Gasteiger charge is 2.47. The number of quaternary nitrogens is 1. The van der Waals surface area contributed by atoms with Gasteiger partial charge in [0.25, 0.3) is 0 Å². The van der Waals surface area contributed by atoms with Crippen LogP contribution < -0.4 is 5.32 Å². The van der Waals surface area contributed by atoms with E-state index in [1.807, 2.05) is 0 Å². The van der Waals surface area contributed by atoms with Gasteiger partial charge in [0.15, 0.2) is 20.0 Å². The van der Waals surface area contributed by atoms with Crippen molar-refractivity contribution in [1.82, 2.24) is 0 Å². The normalized spacial score (nSPS) is 12.5. The van der Waals surface area contributed by atoms with Crippen molar-refractivity contribution in [3.63, 3.8) is 0 Å². The van der Waals surface area contributed by atoms with Gasteiger partial charge in [-0.25, -0.2) is 26.4 Å². The average Bonchev–Trinajstić information content (AvgIpc) is 2.89. The monoisotopic (exact) mass is 670 g/mol. The van der Waals surface area contributed by atoms with E-state index >= 15 is 0 Å². The number of hydrogen-bond acceptors (Lipinski definition) is 8. The van der Waals surface area contributed by atoms with Crippen molar-refractivity contribution >= 4 is 43.6 Å². The molecule has 248 valence electrons. The van der Waals surface area contributed by atoms with Crippen LogP contribution in [0, 0.1) is 0 Å². The molecule has 1 amide bonds. The van der Waals surface area contributed by atoms with E-state index in [1.54, 1.807) is 24.3 Å². The number of unbranched alkanes of at least 4 members (excludes halogenated alkanes) is 3. The molecule has 0 bridgehead atoms. The molecule has 1 aromatic carbocycles. The number of nitrogens with zero attached hydrogens (tertiary/aromatic N) is 3. The Morgan fingerprint density at radius 2 is 1.26 bits per heavy atom. The quantitative estimate of drug-likeness (QED) is 0.0916. The van der Waals surface area contributed by atoms with Gasteiger partial charge < -0.3 is 13.3 Å². The minimum absolute atomic E-state index is 0.413. The summed E-state index contributed by atoms with van der Waals surface area (Å²) in [6, 6.07) is 6.65. The molecule has 43 heavy (non-hydrogen) atoms. The van der Waals surface area contributed by atoms with Gasteiger partial charge in [-0.1, -0.05) is 40.0 Å². The molecule has 0 aliphatic heterocycles. The fourth-order valence-electron chi connectivity index (χ4n) is 3.52. The summed E-state index contributed by atoms with van der Waals surface area (Å²) in [6.07, 6.45) is 8.20. The minimum atomic E-state index is -6.72. The van der Waals surface area contributed by atoms with E-state index in [-0.39, 0.29) is 0 Å². The number of nitrogens with one attached hydrogen (secondary N) is 1. The Bertz CT molecular complexity index is 1190. The summed E-state index contributed by atoms with van der Waals surface area (Å²) in [5.41, 5.74) is -11.3. The topological polar surface area (TPSA) is 150 Å². The number of carbonyl (C=O) groups excluding carboxylic acids is 2. The molecule has 0 saturated carbocycles. The molecule has 11 nitrogen and oxygen atoms in total. The number of sulfonamides is 2. The van der Waals surface area contributed by atoms with Crippen LogP contribution >= 0.6 is 0 Å². The molecule has 0 aliphatic carbocycles. The van der Waals surface area contributed by atoms with Crippen LogP contribution in [0.2, 0.25) is 0 Å². The molecule has 1 aromatic rings. The first-order chi connectivity index (χ1) is 19.8. The van der Waals surface area contributed by atoms with Crippen molar-refractivity contribution in [3.05, 3.63) is 28.4 Å². The summed E-state index contributed by atoms with van der Waals surface area (Å²) in [7, 11) is -13.4. The van der Waals surface area contributed by atoms with Crippen molar-refractivity contribution in [2.45, 2.75) is 70.3 Å². The lowest BCUT2D eigenvalue weighted by Gasteiger charge is -2.39. The fourth-order valence-corrected chi connectivity index (χ4v) is 5.23. The molecule has 0 radical (unpaired) electrons. The van der Waals surface area contributed by atoms with E-state index in [9.17, 15) is 52.8 Å². The molecular formula is C24H36F6N4O7S2. The summed E-state index contributed by atoms with van der Waals surface area (Å²) < 4.78 is 116. The maximum atomic E-state index is 12.1. The van der Waals surface area contributed by atoms with Gasteiger partial charge in [-0.2, -0.15) is 31.3 Å². The lowest BCUT2D eigenvalue weighted by molar-refractivity contribution is -0.929. The predicted octanol–water partition coefficient (Wildman–Crippen LogP) is 6.48. The van der Waals surface area contributed by atoms with Crippen LogP contribution in [0.4, 0.5) is 42.5 Å². The van der Waals surface area contributed by atoms with Gasteiger partial charge in [0, 0.05) is 5.69 Å². The van der Waals surface area contributed by atoms with Crippen LogP contribution in [0.5, 0.6) is 0 Å². The first-order valence-corrected chi connectivity index (χ1v) is 16.0. The van der Waals surface area contributed by atoms with Crippen molar-refractivity contribution < 1.29 is 62.0 Å². The Morgan fingerprint density at radius 3 is 1.60 bits per heavy atom. The zero-order valence-electron chi connectivity index (χ0n) is 23.9. The summed E-state index contributed by atoms with van der Waals surface area (Å²) >= 11 is 0. The average molecular weight is 671 g/mol. The second kappa shape index (κ2) is 18.2. The zero-order chi connectivity index (χ0) is 33.4. The van der Waals surface area contributed by atoms with Crippen molar-refractivity contribution in [3.8, 4) is 0 Å². The zero-order valence-corrected chi connectivity index (χ0v) is 25.5. The van der Waals surface area contributed by atoms with Gasteiger partial charge >= 0.3 is 17.1 Å². The Kier molecular flexibility index (Phi) is 17.0. The number of benzene rings is 1. The Balaban J connectivity index is 0.000000994. The minimum Gasteiger partial charge on any atom is -0.443 e. The maximum absolute atomic E-state index is 12.1. The Labute approximate surface area is 247 Å². The lowest BCUT2D eigenvalue weighted by atomic mass is 10.1. The summed E-state index contributed by atoms with van der Waals surface area (Å²) in [5, 5.41) is 2.72. The number of hydrogen-bond donors (Lipinski definition) is 1. The van der Waals surface area contributed by atoms with Gasteiger partial charge in [-0.3, -0.25) is 5.32 Å². The van der Waals surface area contributed by atoms with Crippen LogP contribution in [0.1, 0.15) is 59.3 Å². The molecule has 0 saturated heterocycles.